The molecule has 29 heavy (non-hydrogen) atoms. The molecule has 2 aromatic rings. The number of hydrogen-bond acceptors (Lipinski definition) is 3. The normalized spacial score (nSPS) is 14.9. The summed E-state index contributed by atoms with van der Waals surface area (Å²) in [5.74, 6) is -0.400. The second-order valence-electron chi connectivity index (χ2n) is 6.86. The third kappa shape index (κ3) is 5.44. The van der Waals surface area contributed by atoms with Gasteiger partial charge in [-0.1, -0.05) is 40.9 Å². The first-order chi connectivity index (χ1) is 13.8. The molecule has 1 fully saturated rings. The quantitative estimate of drug-likeness (QED) is 0.585. The Morgan fingerprint density at radius 1 is 0.966 bits per heavy atom. The summed E-state index contributed by atoms with van der Waals surface area (Å²) in [5, 5.41) is 4.01. The Labute approximate surface area is 186 Å². The lowest BCUT2D eigenvalue weighted by Gasteiger charge is -2.16. The molecule has 1 N–H and O–H groups in total. The Kier molecular flexibility index (Phi) is 7.46. The lowest BCUT2D eigenvalue weighted by atomic mass is 10.1. The van der Waals surface area contributed by atoms with E-state index in [-0.39, 0.29) is 15.5 Å². The molecular formula is C20H21Cl3N2O3S. The van der Waals surface area contributed by atoms with E-state index in [1.54, 1.807) is 12.1 Å². The van der Waals surface area contributed by atoms with Crippen molar-refractivity contribution in [1.82, 2.24) is 9.62 Å². The summed E-state index contributed by atoms with van der Waals surface area (Å²) in [6.45, 7) is 1.42. The molecule has 1 amide bonds. The minimum Gasteiger partial charge on any atom is -0.352 e. The van der Waals surface area contributed by atoms with Gasteiger partial charge in [-0.25, -0.2) is 8.42 Å². The fourth-order valence-corrected chi connectivity index (χ4v) is 5.27. The summed E-state index contributed by atoms with van der Waals surface area (Å²) in [5.41, 5.74) is 1.17. The highest BCUT2D eigenvalue weighted by Gasteiger charge is 2.28. The first-order valence-electron chi connectivity index (χ1n) is 9.31. The average Bonchev–Trinajstić information content (AvgIpc) is 3.23. The molecule has 156 valence electrons. The van der Waals surface area contributed by atoms with Crippen LogP contribution in [-0.4, -0.2) is 38.3 Å². The van der Waals surface area contributed by atoms with Crippen LogP contribution in [0.25, 0.3) is 0 Å². The Balaban J connectivity index is 1.62. The zero-order valence-electron chi connectivity index (χ0n) is 15.6. The molecule has 0 atom stereocenters. The molecule has 1 aliphatic heterocycles. The average molecular weight is 476 g/mol. The van der Waals surface area contributed by atoms with Crippen LogP contribution in [0.15, 0.2) is 41.3 Å². The van der Waals surface area contributed by atoms with Gasteiger partial charge in [0.1, 0.15) is 0 Å². The summed E-state index contributed by atoms with van der Waals surface area (Å²) >= 11 is 18.1. The smallest absolute Gasteiger partial charge is 0.252 e. The Bertz CT molecular complexity index is 1010. The van der Waals surface area contributed by atoms with Crippen molar-refractivity contribution < 1.29 is 13.2 Å². The highest BCUT2D eigenvalue weighted by molar-refractivity contribution is 7.89. The maximum atomic E-state index is 12.7. The number of benzene rings is 2. The first kappa shape index (κ1) is 22.4. The van der Waals surface area contributed by atoms with Crippen LogP contribution in [-0.2, 0) is 16.4 Å². The van der Waals surface area contributed by atoms with Crippen molar-refractivity contribution in [3.05, 3.63) is 62.6 Å². The number of sulfonamides is 1. The van der Waals surface area contributed by atoms with E-state index in [1.165, 1.54) is 22.5 Å². The predicted molar refractivity (Wildman–Crippen MR) is 117 cm³/mol. The number of halogens is 3. The van der Waals surface area contributed by atoms with Crippen molar-refractivity contribution >= 4 is 50.7 Å². The molecule has 1 heterocycles. The molecule has 9 heteroatoms. The molecular weight excluding hydrogens is 455 g/mol. The van der Waals surface area contributed by atoms with Gasteiger partial charge in [-0.2, -0.15) is 4.31 Å². The van der Waals surface area contributed by atoms with E-state index in [2.05, 4.69) is 5.32 Å². The molecule has 0 radical (unpaired) electrons. The number of carbonyl (C=O) groups excluding carboxylic acids is 1. The van der Waals surface area contributed by atoms with Crippen LogP contribution in [0.3, 0.4) is 0 Å². The van der Waals surface area contributed by atoms with Gasteiger partial charge in [0, 0.05) is 19.6 Å². The maximum Gasteiger partial charge on any atom is 0.252 e. The number of aryl methyl sites for hydroxylation is 1. The van der Waals surface area contributed by atoms with Crippen molar-refractivity contribution in [1.29, 1.82) is 0 Å². The summed E-state index contributed by atoms with van der Waals surface area (Å²) in [6, 6.07) is 9.68. The zero-order chi connectivity index (χ0) is 21.0. The van der Waals surface area contributed by atoms with Crippen LogP contribution in [0.1, 0.15) is 35.2 Å². The number of hydrogen-bond donors (Lipinski definition) is 1. The van der Waals surface area contributed by atoms with Crippen molar-refractivity contribution in [2.24, 2.45) is 0 Å². The minimum atomic E-state index is -3.61. The SMILES string of the molecule is O=C(NCCCc1ccc(Cl)c(Cl)c1)c1cc(S(=O)(=O)N2CCCC2)ccc1Cl. The second kappa shape index (κ2) is 9.67. The number of amides is 1. The van der Waals surface area contributed by atoms with E-state index in [0.717, 1.165) is 18.4 Å². The van der Waals surface area contributed by atoms with Crippen LogP contribution >= 0.6 is 34.8 Å². The largest absolute Gasteiger partial charge is 0.352 e. The summed E-state index contributed by atoms with van der Waals surface area (Å²) in [4.78, 5) is 12.6. The molecule has 1 saturated heterocycles. The van der Waals surface area contributed by atoms with E-state index in [0.29, 0.717) is 42.5 Å². The lowest BCUT2D eigenvalue weighted by Crippen LogP contribution is -2.29. The van der Waals surface area contributed by atoms with Gasteiger partial charge in [0.15, 0.2) is 0 Å². The van der Waals surface area contributed by atoms with E-state index < -0.39 is 15.9 Å². The van der Waals surface area contributed by atoms with Crippen LogP contribution in [0, 0.1) is 0 Å². The van der Waals surface area contributed by atoms with Gasteiger partial charge >= 0.3 is 0 Å². The standard InChI is InChI=1S/C20H21Cl3N2O3S/c21-17-8-6-15(29(27,28)25-10-1-2-11-25)13-16(17)20(26)24-9-3-4-14-5-7-18(22)19(23)12-14/h5-8,12-13H,1-4,9-11H2,(H,24,26). The summed E-state index contributed by atoms with van der Waals surface area (Å²) < 4.78 is 26.9. The third-order valence-electron chi connectivity index (χ3n) is 4.80. The summed E-state index contributed by atoms with van der Waals surface area (Å²) in [6.07, 6.45) is 3.10. The first-order valence-corrected chi connectivity index (χ1v) is 11.9. The molecule has 1 aliphatic rings. The molecule has 0 aromatic heterocycles. The zero-order valence-corrected chi connectivity index (χ0v) is 18.7. The predicted octanol–water partition coefficient (Wildman–Crippen LogP) is 4.79. The van der Waals surface area contributed by atoms with Crippen LogP contribution in [0.5, 0.6) is 0 Å². The van der Waals surface area contributed by atoms with Gasteiger partial charge < -0.3 is 5.32 Å². The van der Waals surface area contributed by atoms with Gasteiger partial charge in [0.25, 0.3) is 5.91 Å². The number of nitrogens with one attached hydrogen (secondary N) is 1. The lowest BCUT2D eigenvalue weighted by molar-refractivity contribution is 0.0953. The molecule has 0 bridgehead atoms. The second-order valence-corrected chi connectivity index (χ2v) is 10.0. The van der Waals surface area contributed by atoms with Crippen molar-refractivity contribution in [2.45, 2.75) is 30.6 Å². The van der Waals surface area contributed by atoms with E-state index >= 15 is 0 Å². The highest BCUT2D eigenvalue weighted by Crippen LogP contribution is 2.26. The number of carbonyl (C=O) groups is 1. The molecule has 3 rings (SSSR count). The topological polar surface area (TPSA) is 66.5 Å². The molecule has 0 unspecified atom stereocenters. The van der Waals surface area contributed by atoms with Crippen molar-refractivity contribution in [2.75, 3.05) is 19.6 Å². The fraction of sp³-hybridized carbons (Fsp3) is 0.350. The molecule has 2 aromatic carbocycles. The van der Waals surface area contributed by atoms with Gasteiger partial charge in [0.05, 0.1) is 25.5 Å². The third-order valence-corrected chi connectivity index (χ3v) is 7.76. The maximum absolute atomic E-state index is 12.7. The van der Waals surface area contributed by atoms with Gasteiger partial charge in [-0.15, -0.1) is 0 Å². The van der Waals surface area contributed by atoms with Crippen molar-refractivity contribution in [3.8, 4) is 0 Å². The molecule has 0 saturated carbocycles. The van der Waals surface area contributed by atoms with Crippen LogP contribution in [0.2, 0.25) is 15.1 Å². The van der Waals surface area contributed by atoms with Crippen molar-refractivity contribution in [3.63, 3.8) is 0 Å². The molecule has 0 aliphatic carbocycles. The minimum absolute atomic E-state index is 0.0877. The molecule has 5 nitrogen and oxygen atoms in total. The van der Waals surface area contributed by atoms with Gasteiger partial charge in [-0.05, 0) is 61.6 Å². The summed E-state index contributed by atoms with van der Waals surface area (Å²) in [7, 11) is -3.61. The highest BCUT2D eigenvalue weighted by atomic mass is 35.5. The number of nitrogens with zero attached hydrogens (tertiary/aromatic N) is 1. The Hall–Kier alpha value is -1.31. The van der Waals surface area contributed by atoms with E-state index in [1.807, 2.05) is 6.07 Å². The van der Waals surface area contributed by atoms with Gasteiger partial charge in [-0.3, -0.25) is 4.79 Å². The van der Waals surface area contributed by atoms with Crippen LogP contribution < -0.4 is 5.32 Å². The fourth-order valence-electron chi connectivity index (χ4n) is 3.20. The molecule has 0 spiro atoms. The Morgan fingerprint density at radius 2 is 1.66 bits per heavy atom. The van der Waals surface area contributed by atoms with Crippen LogP contribution in [0.4, 0.5) is 0 Å². The van der Waals surface area contributed by atoms with E-state index in [4.69, 9.17) is 34.8 Å². The Morgan fingerprint density at radius 3 is 2.34 bits per heavy atom. The monoisotopic (exact) mass is 474 g/mol. The number of rotatable bonds is 7. The van der Waals surface area contributed by atoms with Gasteiger partial charge in [0.2, 0.25) is 10.0 Å². The van der Waals surface area contributed by atoms with E-state index in [9.17, 15) is 13.2 Å².